The lowest BCUT2D eigenvalue weighted by Crippen LogP contribution is -2.20. The fourth-order valence-electron chi connectivity index (χ4n) is 1.99. The molecule has 0 atom stereocenters. The number of para-hydroxylation sites is 1. The topological polar surface area (TPSA) is 93.8 Å². The van der Waals surface area contributed by atoms with Crippen molar-refractivity contribution in [3.05, 3.63) is 67.3 Å². The van der Waals surface area contributed by atoms with Gasteiger partial charge >= 0.3 is 0 Å². The van der Waals surface area contributed by atoms with Gasteiger partial charge in [0.25, 0.3) is 5.69 Å². The highest BCUT2D eigenvalue weighted by Gasteiger charge is 2.14. The Morgan fingerprint density at radius 3 is 2.79 bits per heavy atom. The van der Waals surface area contributed by atoms with Crippen LogP contribution >= 0.6 is 22.6 Å². The number of rotatable bonds is 6. The maximum atomic E-state index is 11.9. The molecule has 0 aliphatic carbocycles. The van der Waals surface area contributed by atoms with E-state index in [9.17, 15) is 14.9 Å². The SMILES string of the molecule is COc1ccc(/C=N/NC(=O)Cc2ccccc2[N+](=O)[O-])cc1I. The number of carbonyl (C=O) groups is 1. The van der Waals surface area contributed by atoms with Gasteiger partial charge in [-0.1, -0.05) is 18.2 Å². The number of hydrogen-bond acceptors (Lipinski definition) is 5. The zero-order chi connectivity index (χ0) is 17.5. The molecule has 24 heavy (non-hydrogen) atoms. The second-order valence-electron chi connectivity index (χ2n) is 4.75. The molecule has 2 aromatic rings. The van der Waals surface area contributed by atoms with Crippen LogP contribution in [0.1, 0.15) is 11.1 Å². The van der Waals surface area contributed by atoms with Crippen LogP contribution in [0.4, 0.5) is 5.69 Å². The summed E-state index contributed by atoms with van der Waals surface area (Å²) in [6.45, 7) is 0. The minimum absolute atomic E-state index is 0.0821. The average molecular weight is 439 g/mol. The van der Waals surface area contributed by atoms with E-state index in [0.717, 1.165) is 14.9 Å². The monoisotopic (exact) mass is 439 g/mol. The molecule has 2 rings (SSSR count). The van der Waals surface area contributed by atoms with Gasteiger partial charge in [0.15, 0.2) is 0 Å². The molecular weight excluding hydrogens is 425 g/mol. The van der Waals surface area contributed by atoms with Gasteiger partial charge in [-0.25, -0.2) is 5.43 Å². The maximum Gasteiger partial charge on any atom is 0.273 e. The average Bonchev–Trinajstić information content (AvgIpc) is 2.55. The predicted molar refractivity (Wildman–Crippen MR) is 98.2 cm³/mol. The van der Waals surface area contributed by atoms with Crippen LogP contribution < -0.4 is 10.2 Å². The van der Waals surface area contributed by atoms with Gasteiger partial charge in [0.05, 0.1) is 28.2 Å². The van der Waals surface area contributed by atoms with E-state index >= 15 is 0 Å². The van der Waals surface area contributed by atoms with Gasteiger partial charge in [-0.15, -0.1) is 0 Å². The van der Waals surface area contributed by atoms with Crippen LogP contribution in [-0.4, -0.2) is 24.2 Å². The normalized spacial score (nSPS) is 10.6. The molecule has 2 aromatic carbocycles. The van der Waals surface area contributed by atoms with Crippen molar-refractivity contribution in [2.75, 3.05) is 7.11 Å². The van der Waals surface area contributed by atoms with Crippen molar-refractivity contribution in [3.8, 4) is 5.75 Å². The molecule has 8 heteroatoms. The zero-order valence-electron chi connectivity index (χ0n) is 12.7. The first-order valence-corrected chi connectivity index (χ1v) is 7.97. The van der Waals surface area contributed by atoms with Crippen LogP contribution in [0.5, 0.6) is 5.75 Å². The molecule has 0 aromatic heterocycles. The van der Waals surface area contributed by atoms with Crippen LogP contribution in [0.3, 0.4) is 0 Å². The Bertz CT molecular complexity index is 793. The Morgan fingerprint density at radius 1 is 1.38 bits per heavy atom. The first-order chi connectivity index (χ1) is 11.5. The van der Waals surface area contributed by atoms with Gasteiger partial charge in [-0.2, -0.15) is 5.10 Å². The second-order valence-corrected chi connectivity index (χ2v) is 5.91. The summed E-state index contributed by atoms with van der Waals surface area (Å²) in [6, 6.07) is 11.6. The molecule has 0 unspecified atom stereocenters. The molecule has 7 nitrogen and oxygen atoms in total. The number of halogens is 1. The van der Waals surface area contributed by atoms with Gasteiger partial charge < -0.3 is 4.74 Å². The number of hydrogen-bond donors (Lipinski definition) is 1. The van der Waals surface area contributed by atoms with E-state index in [4.69, 9.17) is 4.74 Å². The number of nitro groups is 1. The summed E-state index contributed by atoms with van der Waals surface area (Å²) in [5.74, 6) is 0.330. The lowest BCUT2D eigenvalue weighted by molar-refractivity contribution is -0.385. The highest BCUT2D eigenvalue weighted by molar-refractivity contribution is 14.1. The summed E-state index contributed by atoms with van der Waals surface area (Å²) in [4.78, 5) is 22.3. The molecule has 1 amide bonds. The van der Waals surface area contributed by atoms with Crippen molar-refractivity contribution < 1.29 is 14.5 Å². The molecule has 0 fully saturated rings. The first kappa shape index (κ1) is 17.9. The van der Waals surface area contributed by atoms with Crippen molar-refractivity contribution in [2.45, 2.75) is 6.42 Å². The number of hydrazone groups is 1. The van der Waals surface area contributed by atoms with Gasteiger partial charge in [0.2, 0.25) is 5.91 Å². The molecule has 0 radical (unpaired) electrons. The van der Waals surface area contributed by atoms with Gasteiger partial charge in [-0.05, 0) is 46.4 Å². The minimum atomic E-state index is -0.509. The molecule has 0 aliphatic rings. The molecule has 0 saturated carbocycles. The third-order valence-corrected chi connectivity index (χ3v) is 3.96. The van der Waals surface area contributed by atoms with Crippen molar-refractivity contribution in [1.29, 1.82) is 0 Å². The summed E-state index contributed by atoms with van der Waals surface area (Å²) >= 11 is 2.14. The molecular formula is C16H14IN3O4. The van der Waals surface area contributed by atoms with E-state index < -0.39 is 10.8 Å². The zero-order valence-corrected chi connectivity index (χ0v) is 14.9. The molecule has 124 valence electrons. The van der Waals surface area contributed by atoms with E-state index in [1.54, 1.807) is 37.4 Å². The summed E-state index contributed by atoms with van der Waals surface area (Å²) in [6.07, 6.45) is 1.38. The van der Waals surface area contributed by atoms with Crippen LogP contribution in [0.15, 0.2) is 47.6 Å². The number of benzene rings is 2. The molecule has 0 aliphatic heterocycles. The third-order valence-electron chi connectivity index (χ3n) is 3.12. The summed E-state index contributed by atoms with van der Waals surface area (Å²) in [5, 5.41) is 14.8. The van der Waals surface area contributed by atoms with E-state index in [-0.39, 0.29) is 12.1 Å². The van der Waals surface area contributed by atoms with E-state index in [2.05, 4.69) is 33.1 Å². The second kappa shape index (κ2) is 8.39. The number of nitrogens with one attached hydrogen (secondary N) is 1. The molecule has 1 N–H and O–H groups in total. The van der Waals surface area contributed by atoms with E-state index in [0.29, 0.717) is 5.56 Å². The fourth-order valence-corrected chi connectivity index (χ4v) is 2.75. The van der Waals surface area contributed by atoms with Gasteiger partial charge in [0, 0.05) is 11.6 Å². The standard InChI is InChI=1S/C16H14IN3O4/c1-24-15-7-6-11(8-13(15)17)10-18-19-16(21)9-12-4-2-3-5-14(12)20(22)23/h2-8,10H,9H2,1H3,(H,19,21)/b18-10+. The Labute approximate surface area is 152 Å². The van der Waals surface area contributed by atoms with Crippen molar-refractivity contribution >= 4 is 40.4 Å². The summed E-state index contributed by atoms with van der Waals surface area (Å²) < 4.78 is 6.08. The number of nitrogens with zero attached hydrogens (tertiary/aromatic N) is 2. The Hall–Kier alpha value is -2.49. The predicted octanol–water partition coefficient (Wildman–Crippen LogP) is 2.90. The Morgan fingerprint density at radius 2 is 2.12 bits per heavy atom. The quantitative estimate of drug-likeness (QED) is 0.324. The first-order valence-electron chi connectivity index (χ1n) is 6.89. The number of carbonyl (C=O) groups excluding carboxylic acids is 1. The number of methoxy groups -OCH3 is 1. The largest absolute Gasteiger partial charge is 0.496 e. The number of nitro benzene ring substituents is 1. The Kier molecular flexibility index (Phi) is 6.24. The molecule has 0 saturated heterocycles. The maximum absolute atomic E-state index is 11.9. The van der Waals surface area contributed by atoms with Gasteiger partial charge in [0.1, 0.15) is 5.75 Å². The van der Waals surface area contributed by atoms with E-state index in [1.807, 2.05) is 6.07 Å². The lowest BCUT2D eigenvalue weighted by atomic mass is 10.1. The van der Waals surface area contributed by atoms with Crippen LogP contribution in [0.25, 0.3) is 0 Å². The smallest absolute Gasteiger partial charge is 0.273 e. The molecule has 0 bridgehead atoms. The van der Waals surface area contributed by atoms with Crippen LogP contribution in [0.2, 0.25) is 0 Å². The minimum Gasteiger partial charge on any atom is -0.496 e. The number of amides is 1. The highest BCUT2D eigenvalue weighted by atomic mass is 127. The fraction of sp³-hybridized carbons (Fsp3) is 0.125. The molecule has 0 spiro atoms. The lowest BCUT2D eigenvalue weighted by Gasteiger charge is -2.04. The summed E-state index contributed by atoms with van der Waals surface area (Å²) in [5.41, 5.74) is 3.43. The van der Waals surface area contributed by atoms with Crippen LogP contribution in [-0.2, 0) is 11.2 Å². The Balaban J connectivity index is 1.98. The summed E-state index contributed by atoms with van der Waals surface area (Å²) in [7, 11) is 1.59. The number of ether oxygens (including phenoxy) is 1. The highest BCUT2D eigenvalue weighted by Crippen LogP contribution is 2.21. The molecule has 0 heterocycles. The third kappa shape index (κ3) is 4.75. The van der Waals surface area contributed by atoms with Crippen molar-refractivity contribution in [1.82, 2.24) is 5.43 Å². The van der Waals surface area contributed by atoms with Gasteiger partial charge in [-0.3, -0.25) is 14.9 Å². The van der Waals surface area contributed by atoms with Crippen molar-refractivity contribution in [3.63, 3.8) is 0 Å². The van der Waals surface area contributed by atoms with Crippen molar-refractivity contribution in [2.24, 2.45) is 5.10 Å². The van der Waals surface area contributed by atoms with Crippen LogP contribution in [0, 0.1) is 13.7 Å². The van der Waals surface area contributed by atoms with E-state index in [1.165, 1.54) is 12.3 Å².